The molecule has 2 heterocycles. The molecule has 0 aromatic heterocycles. The van der Waals surface area contributed by atoms with Gasteiger partial charge in [-0.15, -0.1) is 0 Å². The number of hydrogen-bond donors (Lipinski definition) is 2. The average Bonchev–Trinajstić information content (AvgIpc) is 3.08. The lowest BCUT2D eigenvalue weighted by atomic mass is 9.84. The average molecular weight is 387 g/mol. The number of amides is 2. The van der Waals surface area contributed by atoms with E-state index in [0.717, 1.165) is 45.2 Å². The van der Waals surface area contributed by atoms with Crippen molar-refractivity contribution < 1.29 is 14.7 Å². The molecule has 5 nitrogen and oxygen atoms in total. The molecular weight excluding hydrogens is 352 g/mol. The summed E-state index contributed by atoms with van der Waals surface area (Å²) in [5.41, 5.74) is 2.12. The molecule has 0 saturated carbocycles. The third kappa shape index (κ3) is 5.13. The number of nitrogens with one attached hydrogen (secondary N) is 1. The fourth-order valence-electron chi connectivity index (χ4n) is 4.65. The number of aliphatic hydroxyl groups excluding tert-OH is 1. The molecular formula is C23H34N2O3. The molecule has 2 unspecified atom stereocenters. The summed E-state index contributed by atoms with van der Waals surface area (Å²) in [4.78, 5) is 26.7. The maximum Gasteiger partial charge on any atom is 0.222 e. The molecule has 28 heavy (non-hydrogen) atoms. The second-order valence-corrected chi connectivity index (χ2v) is 8.68. The minimum atomic E-state index is -0.307. The molecule has 2 atom stereocenters. The van der Waals surface area contributed by atoms with Gasteiger partial charge >= 0.3 is 0 Å². The Hall–Kier alpha value is -1.88. The Bertz CT molecular complexity index is 680. The van der Waals surface area contributed by atoms with E-state index >= 15 is 0 Å². The number of aryl methyl sites for hydroxylation is 1. The Morgan fingerprint density at radius 3 is 2.54 bits per heavy atom. The molecule has 0 bridgehead atoms. The van der Waals surface area contributed by atoms with Crippen LogP contribution in [0.1, 0.15) is 63.0 Å². The molecule has 2 fully saturated rings. The third-order valence-corrected chi connectivity index (χ3v) is 6.57. The van der Waals surface area contributed by atoms with Crippen LogP contribution < -0.4 is 5.32 Å². The quantitative estimate of drug-likeness (QED) is 0.757. The predicted octanol–water partition coefficient (Wildman–Crippen LogP) is 2.98. The molecule has 0 radical (unpaired) electrons. The van der Waals surface area contributed by atoms with E-state index in [4.69, 9.17) is 0 Å². The van der Waals surface area contributed by atoms with Gasteiger partial charge in [-0.25, -0.2) is 0 Å². The highest BCUT2D eigenvalue weighted by Gasteiger charge is 2.38. The van der Waals surface area contributed by atoms with Crippen molar-refractivity contribution in [2.75, 3.05) is 13.1 Å². The second-order valence-electron chi connectivity index (χ2n) is 8.68. The number of piperidine rings is 1. The van der Waals surface area contributed by atoms with Gasteiger partial charge in [0.05, 0.1) is 6.10 Å². The van der Waals surface area contributed by atoms with Gasteiger partial charge in [-0.1, -0.05) is 36.8 Å². The van der Waals surface area contributed by atoms with Gasteiger partial charge in [0.1, 0.15) is 0 Å². The van der Waals surface area contributed by atoms with E-state index in [1.165, 1.54) is 11.1 Å². The molecule has 2 aliphatic rings. The largest absolute Gasteiger partial charge is 0.393 e. The lowest BCUT2D eigenvalue weighted by molar-refractivity contribution is -0.133. The molecule has 2 aliphatic heterocycles. The number of rotatable bonds is 7. The van der Waals surface area contributed by atoms with Crippen LogP contribution in [0, 0.1) is 12.8 Å². The van der Waals surface area contributed by atoms with Gasteiger partial charge in [-0.3, -0.25) is 9.59 Å². The van der Waals surface area contributed by atoms with Crippen molar-refractivity contribution in [3.8, 4) is 0 Å². The molecule has 0 aliphatic carbocycles. The van der Waals surface area contributed by atoms with E-state index in [0.29, 0.717) is 25.2 Å². The van der Waals surface area contributed by atoms with Crippen molar-refractivity contribution in [3.05, 3.63) is 35.4 Å². The summed E-state index contributed by atoms with van der Waals surface area (Å²) < 4.78 is 0. The Morgan fingerprint density at radius 1 is 1.29 bits per heavy atom. The fourth-order valence-corrected chi connectivity index (χ4v) is 4.65. The van der Waals surface area contributed by atoms with E-state index in [9.17, 15) is 14.7 Å². The van der Waals surface area contributed by atoms with E-state index < -0.39 is 0 Å². The first kappa shape index (κ1) is 20.8. The topological polar surface area (TPSA) is 69.6 Å². The number of hydrogen-bond acceptors (Lipinski definition) is 3. The number of likely N-dealkylation sites (tertiary alicyclic amines) is 1. The van der Waals surface area contributed by atoms with Crippen molar-refractivity contribution in [3.63, 3.8) is 0 Å². The summed E-state index contributed by atoms with van der Waals surface area (Å²) in [6.07, 6.45) is 5.55. The summed E-state index contributed by atoms with van der Waals surface area (Å²) in [5, 5.41) is 13.2. The van der Waals surface area contributed by atoms with Gasteiger partial charge in [0, 0.05) is 31.5 Å². The van der Waals surface area contributed by atoms with E-state index in [2.05, 4.69) is 36.5 Å². The summed E-state index contributed by atoms with van der Waals surface area (Å²) in [6, 6.07) is 8.43. The van der Waals surface area contributed by atoms with Crippen molar-refractivity contribution in [1.29, 1.82) is 0 Å². The van der Waals surface area contributed by atoms with Crippen LogP contribution in [0.3, 0.4) is 0 Å². The van der Waals surface area contributed by atoms with Gasteiger partial charge in [-0.2, -0.15) is 0 Å². The number of carbonyl (C=O) groups is 2. The molecule has 3 rings (SSSR count). The smallest absolute Gasteiger partial charge is 0.222 e. The SMILES string of the molecule is CCC(O)C1CCN(C(=O)CCC2(Cc3ccc(C)cc3)CCC(=O)N2)CC1. The number of benzene rings is 1. The van der Waals surface area contributed by atoms with Crippen LogP contribution in [-0.4, -0.2) is 46.6 Å². The molecule has 2 saturated heterocycles. The third-order valence-electron chi connectivity index (χ3n) is 6.57. The first-order chi connectivity index (χ1) is 13.4. The first-order valence-electron chi connectivity index (χ1n) is 10.7. The molecule has 5 heteroatoms. The maximum atomic E-state index is 12.8. The van der Waals surface area contributed by atoms with E-state index in [1.54, 1.807) is 0 Å². The molecule has 154 valence electrons. The van der Waals surface area contributed by atoms with Crippen LogP contribution in [0.15, 0.2) is 24.3 Å². The Morgan fingerprint density at radius 2 is 1.96 bits per heavy atom. The van der Waals surface area contributed by atoms with Gasteiger partial charge in [-0.05, 0) is 56.9 Å². The van der Waals surface area contributed by atoms with Crippen molar-refractivity contribution in [2.24, 2.45) is 5.92 Å². The highest BCUT2D eigenvalue weighted by molar-refractivity contribution is 5.80. The summed E-state index contributed by atoms with van der Waals surface area (Å²) in [5.74, 6) is 0.582. The molecule has 1 aromatic carbocycles. The van der Waals surface area contributed by atoms with Crippen molar-refractivity contribution in [1.82, 2.24) is 10.2 Å². The van der Waals surface area contributed by atoms with Gasteiger partial charge < -0.3 is 15.3 Å². The Balaban J connectivity index is 1.56. The highest BCUT2D eigenvalue weighted by Crippen LogP contribution is 2.30. The van der Waals surface area contributed by atoms with Crippen LogP contribution in [0.5, 0.6) is 0 Å². The second kappa shape index (κ2) is 9.08. The van der Waals surface area contributed by atoms with Gasteiger partial charge in [0.2, 0.25) is 11.8 Å². The zero-order chi connectivity index (χ0) is 20.1. The Kier molecular flexibility index (Phi) is 6.76. The van der Waals surface area contributed by atoms with Crippen LogP contribution in [-0.2, 0) is 16.0 Å². The maximum absolute atomic E-state index is 12.8. The predicted molar refractivity (Wildman–Crippen MR) is 110 cm³/mol. The Labute approximate surface area is 168 Å². The molecule has 2 N–H and O–H groups in total. The zero-order valence-corrected chi connectivity index (χ0v) is 17.2. The van der Waals surface area contributed by atoms with Crippen LogP contribution in [0.25, 0.3) is 0 Å². The summed E-state index contributed by atoms with van der Waals surface area (Å²) in [6.45, 7) is 5.54. The first-order valence-corrected chi connectivity index (χ1v) is 10.7. The lowest BCUT2D eigenvalue weighted by Gasteiger charge is -2.35. The van der Waals surface area contributed by atoms with Gasteiger partial charge in [0.25, 0.3) is 0 Å². The van der Waals surface area contributed by atoms with Crippen LogP contribution in [0.4, 0.5) is 0 Å². The lowest BCUT2D eigenvalue weighted by Crippen LogP contribution is -2.46. The molecule has 0 spiro atoms. The minimum Gasteiger partial charge on any atom is -0.393 e. The van der Waals surface area contributed by atoms with E-state index in [1.807, 2.05) is 11.8 Å². The normalized spacial score (nSPS) is 24.2. The molecule has 1 aromatic rings. The van der Waals surface area contributed by atoms with E-state index in [-0.39, 0.29) is 23.5 Å². The standard InChI is InChI=1S/C23H34N2O3/c1-3-20(26)19-10-14-25(15-11-19)22(28)9-13-23(12-8-21(27)24-23)16-18-6-4-17(2)5-7-18/h4-7,19-20,26H,3,8-16H2,1-2H3,(H,24,27). The summed E-state index contributed by atoms with van der Waals surface area (Å²) in [7, 11) is 0. The number of aliphatic hydroxyl groups is 1. The monoisotopic (exact) mass is 386 g/mol. The summed E-state index contributed by atoms with van der Waals surface area (Å²) >= 11 is 0. The zero-order valence-electron chi connectivity index (χ0n) is 17.2. The van der Waals surface area contributed by atoms with Gasteiger partial charge in [0.15, 0.2) is 0 Å². The van der Waals surface area contributed by atoms with Crippen molar-refractivity contribution in [2.45, 2.75) is 76.9 Å². The van der Waals surface area contributed by atoms with Crippen molar-refractivity contribution >= 4 is 11.8 Å². The molecule has 2 amide bonds. The number of carbonyl (C=O) groups excluding carboxylic acids is 2. The fraction of sp³-hybridized carbons (Fsp3) is 0.652. The van der Waals surface area contributed by atoms with Crippen LogP contribution >= 0.6 is 0 Å². The highest BCUT2D eigenvalue weighted by atomic mass is 16.3. The number of nitrogens with zero attached hydrogens (tertiary/aromatic N) is 1. The van der Waals surface area contributed by atoms with Crippen LogP contribution in [0.2, 0.25) is 0 Å². The minimum absolute atomic E-state index is 0.0916.